The molecule has 2 aromatic carbocycles. The number of nitro benzene ring substituents is 1. The molecule has 0 spiro atoms. The molecule has 0 N–H and O–H groups in total. The van der Waals surface area contributed by atoms with E-state index in [-0.39, 0.29) is 32.1 Å². The van der Waals surface area contributed by atoms with Crippen LogP contribution in [0.4, 0.5) is 5.69 Å². The van der Waals surface area contributed by atoms with Crippen LogP contribution in [-0.4, -0.2) is 30.7 Å². The normalized spacial score (nSPS) is 15.5. The minimum absolute atomic E-state index is 0.00968. The number of hydrogen-bond donors (Lipinski definition) is 0. The first kappa shape index (κ1) is 19.9. The van der Waals surface area contributed by atoms with Gasteiger partial charge in [0.2, 0.25) is 10.0 Å². The van der Waals surface area contributed by atoms with E-state index in [1.165, 1.54) is 40.7 Å². The molecule has 144 valence electrons. The van der Waals surface area contributed by atoms with Crippen LogP contribution < -0.4 is 4.74 Å². The average molecular weight is 431 g/mol. The second-order valence-corrected chi connectivity index (χ2v) is 8.79. The molecular formula is C17H16Cl2N2O5S. The number of non-ortho nitro benzene ring substituents is 1. The second-order valence-electron chi connectivity index (χ2n) is 6.03. The van der Waals surface area contributed by atoms with E-state index < -0.39 is 14.9 Å². The average Bonchev–Trinajstić information content (AvgIpc) is 2.65. The van der Waals surface area contributed by atoms with E-state index in [1.807, 2.05) is 0 Å². The van der Waals surface area contributed by atoms with E-state index in [1.54, 1.807) is 0 Å². The van der Waals surface area contributed by atoms with Gasteiger partial charge in [-0.2, -0.15) is 4.31 Å². The van der Waals surface area contributed by atoms with Gasteiger partial charge in [-0.25, -0.2) is 8.42 Å². The minimum atomic E-state index is -3.68. The summed E-state index contributed by atoms with van der Waals surface area (Å²) in [6, 6.07) is 7.99. The van der Waals surface area contributed by atoms with Crippen LogP contribution in [0.5, 0.6) is 11.5 Å². The molecule has 7 nitrogen and oxygen atoms in total. The number of halogens is 2. The van der Waals surface area contributed by atoms with Crippen molar-refractivity contribution in [1.82, 2.24) is 4.31 Å². The Balaban J connectivity index is 1.87. The minimum Gasteiger partial charge on any atom is -0.454 e. The SMILES string of the molecule is O=[N+]([O-])c1ccc(Oc2c(Cl)cc(S(=O)(=O)N3CCCCC3)cc2Cl)cc1. The zero-order chi connectivity index (χ0) is 19.6. The molecule has 10 heteroatoms. The van der Waals surface area contributed by atoms with Crippen LogP contribution in [0.3, 0.4) is 0 Å². The molecule has 2 aromatic rings. The Morgan fingerprint density at radius 2 is 1.56 bits per heavy atom. The fraction of sp³-hybridized carbons (Fsp3) is 0.294. The van der Waals surface area contributed by atoms with Crippen LogP contribution in [0.2, 0.25) is 10.0 Å². The first-order valence-electron chi connectivity index (χ1n) is 8.20. The van der Waals surface area contributed by atoms with Gasteiger partial charge in [-0.05, 0) is 37.1 Å². The monoisotopic (exact) mass is 430 g/mol. The van der Waals surface area contributed by atoms with Gasteiger partial charge in [0.15, 0.2) is 5.75 Å². The third-order valence-electron chi connectivity index (χ3n) is 4.19. The van der Waals surface area contributed by atoms with Crippen LogP contribution in [0.1, 0.15) is 19.3 Å². The molecule has 1 heterocycles. The van der Waals surface area contributed by atoms with Crippen molar-refractivity contribution < 1.29 is 18.1 Å². The van der Waals surface area contributed by atoms with Crippen molar-refractivity contribution in [2.75, 3.05) is 13.1 Å². The van der Waals surface area contributed by atoms with Crippen LogP contribution in [0.15, 0.2) is 41.3 Å². The van der Waals surface area contributed by atoms with Gasteiger partial charge in [0.05, 0.1) is 19.9 Å². The van der Waals surface area contributed by atoms with Gasteiger partial charge in [-0.15, -0.1) is 0 Å². The largest absolute Gasteiger partial charge is 0.454 e. The highest BCUT2D eigenvalue weighted by Crippen LogP contribution is 2.39. The number of ether oxygens (including phenoxy) is 1. The highest BCUT2D eigenvalue weighted by molar-refractivity contribution is 7.89. The van der Waals surface area contributed by atoms with Gasteiger partial charge in [0, 0.05) is 25.2 Å². The lowest BCUT2D eigenvalue weighted by Crippen LogP contribution is -2.35. The predicted molar refractivity (Wildman–Crippen MR) is 102 cm³/mol. The molecule has 0 bridgehead atoms. The van der Waals surface area contributed by atoms with E-state index in [0.717, 1.165) is 19.3 Å². The lowest BCUT2D eigenvalue weighted by molar-refractivity contribution is -0.384. The van der Waals surface area contributed by atoms with Gasteiger partial charge in [0.25, 0.3) is 5.69 Å². The standard InChI is InChI=1S/C17H16Cl2N2O5S/c18-15-10-14(27(24,25)20-8-2-1-3-9-20)11-16(19)17(15)26-13-6-4-12(5-7-13)21(22)23/h4-7,10-11H,1-3,8-9H2. The van der Waals surface area contributed by atoms with E-state index in [2.05, 4.69) is 0 Å². The molecule has 1 saturated heterocycles. The van der Waals surface area contributed by atoms with Crippen LogP contribution >= 0.6 is 23.2 Å². The predicted octanol–water partition coefficient (Wildman–Crippen LogP) is 4.87. The Morgan fingerprint density at radius 1 is 1.00 bits per heavy atom. The van der Waals surface area contributed by atoms with E-state index >= 15 is 0 Å². The van der Waals surface area contributed by atoms with Crippen molar-refractivity contribution in [2.24, 2.45) is 0 Å². The number of hydrogen-bond acceptors (Lipinski definition) is 5. The molecule has 0 amide bonds. The maximum absolute atomic E-state index is 12.8. The molecule has 1 aliphatic heterocycles. The zero-order valence-corrected chi connectivity index (χ0v) is 16.4. The molecule has 0 radical (unpaired) electrons. The van der Waals surface area contributed by atoms with E-state index in [0.29, 0.717) is 13.1 Å². The van der Waals surface area contributed by atoms with Crippen LogP contribution in [0, 0.1) is 10.1 Å². The zero-order valence-electron chi connectivity index (χ0n) is 14.1. The van der Waals surface area contributed by atoms with Crippen molar-refractivity contribution in [3.05, 3.63) is 56.6 Å². The van der Waals surface area contributed by atoms with Gasteiger partial charge in [-0.1, -0.05) is 29.6 Å². The summed E-state index contributed by atoms with van der Waals surface area (Å²) >= 11 is 12.4. The molecule has 0 atom stereocenters. The Hall–Kier alpha value is -1.87. The summed E-state index contributed by atoms with van der Waals surface area (Å²) < 4.78 is 32.6. The summed E-state index contributed by atoms with van der Waals surface area (Å²) in [6.07, 6.45) is 2.65. The number of nitro groups is 1. The summed E-state index contributed by atoms with van der Waals surface area (Å²) in [5, 5.41) is 10.8. The molecule has 0 saturated carbocycles. The summed E-state index contributed by atoms with van der Waals surface area (Å²) in [5.74, 6) is 0.376. The maximum atomic E-state index is 12.8. The summed E-state index contributed by atoms with van der Waals surface area (Å²) in [5.41, 5.74) is -0.0810. The highest BCUT2D eigenvalue weighted by Gasteiger charge is 2.27. The lowest BCUT2D eigenvalue weighted by Gasteiger charge is -2.26. The Kier molecular flexibility index (Phi) is 5.90. The highest BCUT2D eigenvalue weighted by atomic mass is 35.5. The lowest BCUT2D eigenvalue weighted by atomic mass is 10.2. The van der Waals surface area contributed by atoms with Crippen molar-refractivity contribution in [3.8, 4) is 11.5 Å². The third-order valence-corrected chi connectivity index (χ3v) is 6.63. The van der Waals surface area contributed by atoms with Crippen molar-refractivity contribution in [1.29, 1.82) is 0 Å². The van der Waals surface area contributed by atoms with Crippen molar-refractivity contribution >= 4 is 38.9 Å². The first-order valence-corrected chi connectivity index (χ1v) is 10.4. The molecule has 3 rings (SSSR count). The number of rotatable bonds is 5. The van der Waals surface area contributed by atoms with Gasteiger partial charge >= 0.3 is 0 Å². The van der Waals surface area contributed by atoms with Gasteiger partial charge < -0.3 is 4.74 Å². The molecular weight excluding hydrogens is 415 g/mol. The second kappa shape index (κ2) is 8.02. The summed E-state index contributed by atoms with van der Waals surface area (Å²) in [6.45, 7) is 0.942. The molecule has 1 fully saturated rings. The quantitative estimate of drug-likeness (QED) is 0.498. The molecule has 0 unspecified atom stereocenters. The molecule has 1 aliphatic rings. The van der Waals surface area contributed by atoms with Crippen LogP contribution in [0.25, 0.3) is 0 Å². The Morgan fingerprint density at radius 3 is 2.07 bits per heavy atom. The number of piperidine rings is 1. The Labute approximate surface area is 166 Å². The summed E-state index contributed by atoms with van der Waals surface area (Å²) in [7, 11) is -3.68. The summed E-state index contributed by atoms with van der Waals surface area (Å²) in [4.78, 5) is 10.2. The molecule has 27 heavy (non-hydrogen) atoms. The topological polar surface area (TPSA) is 89.7 Å². The van der Waals surface area contributed by atoms with Gasteiger partial charge in [0.1, 0.15) is 5.75 Å². The first-order chi connectivity index (χ1) is 12.8. The smallest absolute Gasteiger partial charge is 0.269 e. The number of sulfonamides is 1. The fourth-order valence-electron chi connectivity index (χ4n) is 2.79. The molecule has 0 aromatic heterocycles. The van der Waals surface area contributed by atoms with Crippen LogP contribution in [-0.2, 0) is 10.0 Å². The van der Waals surface area contributed by atoms with E-state index in [4.69, 9.17) is 27.9 Å². The van der Waals surface area contributed by atoms with E-state index in [9.17, 15) is 18.5 Å². The number of benzene rings is 2. The fourth-order valence-corrected chi connectivity index (χ4v) is 5.06. The third kappa shape index (κ3) is 4.35. The van der Waals surface area contributed by atoms with Gasteiger partial charge in [-0.3, -0.25) is 10.1 Å². The van der Waals surface area contributed by atoms with Crippen molar-refractivity contribution in [3.63, 3.8) is 0 Å². The maximum Gasteiger partial charge on any atom is 0.269 e. The Bertz CT molecular complexity index is 935. The number of nitrogens with zero attached hydrogens (tertiary/aromatic N) is 2. The molecule has 0 aliphatic carbocycles. The van der Waals surface area contributed by atoms with Crippen molar-refractivity contribution in [2.45, 2.75) is 24.2 Å².